The molecule has 0 atom stereocenters. The van der Waals surface area contributed by atoms with Crippen LogP contribution in [0.4, 0.5) is 10.1 Å². The Kier molecular flexibility index (Phi) is 2.96. The topological polar surface area (TPSA) is 44.1 Å². The molecule has 1 amide bonds. The number of nitrogens with zero attached hydrogens (tertiary/aromatic N) is 2. The molecule has 2 aromatic rings. The van der Waals surface area contributed by atoms with Gasteiger partial charge in [-0.1, -0.05) is 6.07 Å². The molecule has 0 spiro atoms. The summed E-state index contributed by atoms with van der Waals surface area (Å²) in [6, 6.07) is 13.1. The zero-order valence-corrected chi connectivity index (χ0v) is 10.6. The molecule has 3 nitrogen and oxygen atoms in total. The van der Waals surface area contributed by atoms with Crippen LogP contribution in [0.1, 0.15) is 21.5 Å². The van der Waals surface area contributed by atoms with Crippen LogP contribution in [0, 0.1) is 17.1 Å². The van der Waals surface area contributed by atoms with Gasteiger partial charge in [-0.15, -0.1) is 0 Å². The van der Waals surface area contributed by atoms with Crippen LogP contribution in [-0.2, 0) is 6.42 Å². The molecule has 0 unspecified atom stereocenters. The maximum Gasteiger partial charge on any atom is 0.258 e. The lowest BCUT2D eigenvalue weighted by Gasteiger charge is -2.17. The Morgan fingerprint density at radius 3 is 2.90 bits per heavy atom. The van der Waals surface area contributed by atoms with E-state index in [9.17, 15) is 9.18 Å². The fourth-order valence-corrected chi connectivity index (χ4v) is 2.46. The van der Waals surface area contributed by atoms with E-state index < -0.39 is 0 Å². The Morgan fingerprint density at radius 2 is 2.10 bits per heavy atom. The quantitative estimate of drug-likeness (QED) is 0.796. The van der Waals surface area contributed by atoms with Crippen LogP contribution in [0.3, 0.4) is 0 Å². The fraction of sp³-hybridized carbons (Fsp3) is 0.125. The number of nitriles is 1. The number of hydrogen-bond donors (Lipinski definition) is 0. The molecule has 0 bridgehead atoms. The second kappa shape index (κ2) is 4.78. The summed E-state index contributed by atoms with van der Waals surface area (Å²) in [5.41, 5.74) is 2.52. The number of anilines is 1. The normalized spacial score (nSPS) is 12.9. The molecular formula is C16H11FN2O. The smallest absolute Gasteiger partial charge is 0.258 e. The van der Waals surface area contributed by atoms with Gasteiger partial charge < -0.3 is 4.90 Å². The summed E-state index contributed by atoms with van der Waals surface area (Å²) < 4.78 is 13.2. The van der Waals surface area contributed by atoms with Gasteiger partial charge in [0.15, 0.2) is 0 Å². The maximum absolute atomic E-state index is 13.2. The lowest BCUT2D eigenvalue weighted by atomic mass is 10.1. The second-order valence-corrected chi connectivity index (χ2v) is 4.67. The van der Waals surface area contributed by atoms with Crippen molar-refractivity contribution in [1.82, 2.24) is 0 Å². The number of fused-ring (bicyclic) bond motifs is 1. The molecule has 0 N–H and O–H groups in total. The second-order valence-electron chi connectivity index (χ2n) is 4.67. The Morgan fingerprint density at radius 1 is 1.25 bits per heavy atom. The van der Waals surface area contributed by atoms with Crippen molar-refractivity contribution in [3.8, 4) is 6.07 Å². The van der Waals surface area contributed by atoms with Crippen molar-refractivity contribution in [3.63, 3.8) is 0 Å². The summed E-state index contributed by atoms with van der Waals surface area (Å²) in [7, 11) is 0. The zero-order chi connectivity index (χ0) is 14.1. The first-order valence-corrected chi connectivity index (χ1v) is 6.29. The minimum Gasteiger partial charge on any atom is -0.308 e. The molecule has 0 fully saturated rings. The third-order valence-corrected chi connectivity index (χ3v) is 3.42. The van der Waals surface area contributed by atoms with E-state index in [1.165, 1.54) is 12.1 Å². The van der Waals surface area contributed by atoms with Crippen LogP contribution < -0.4 is 4.90 Å². The summed E-state index contributed by atoms with van der Waals surface area (Å²) >= 11 is 0. The fourth-order valence-electron chi connectivity index (χ4n) is 2.46. The maximum atomic E-state index is 13.2. The van der Waals surface area contributed by atoms with E-state index in [2.05, 4.69) is 0 Å². The van der Waals surface area contributed by atoms with Crippen LogP contribution in [0.2, 0.25) is 0 Å². The highest BCUT2D eigenvalue weighted by atomic mass is 19.1. The number of carbonyl (C=O) groups is 1. The summed E-state index contributed by atoms with van der Waals surface area (Å²) in [6.07, 6.45) is 0.650. The highest BCUT2D eigenvalue weighted by Crippen LogP contribution is 2.29. The Bertz CT molecular complexity index is 733. The monoisotopic (exact) mass is 266 g/mol. The number of rotatable bonds is 1. The predicted octanol–water partition coefficient (Wildman–Crippen LogP) is 2.90. The minimum absolute atomic E-state index is 0.160. The Balaban J connectivity index is 1.96. The SMILES string of the molecule is N#Cc1cccc(C(=O)N2CCc3cc(F)ccc32)c1. The molecule has 20 heavy (non-hydrogen) atoms. The van der Waals surface area contributed by atoms with E-state index in [1.807, 2.05) is 6.07 Å². The van der Waals surface area contributed by atoms with Crippen LogP contribution in [-0.4, -0.2) is 12.5 Å². The summed E-state index contributed by atoms with van der Waals surface area (Å²) in [5.74, 6) is -0.447. The molecule has 4 heteroatoms. The molecule has 0 radical (unpaired) electrons. The largest absolute Gasteiger partial charge is 0.308 e. The average Bonchev–Trinajstić information content (AvgIpc) is 2.89. The van der Waals surface area contributed by atoms with Crippen LogP contribution in [0.5, 0.6) is 0 Å². The van der Waals surface area contributed by atoms with E-state index in [4.69, 9.17) is 5.26 Å². The first kappa shape index (κ1) is 12.4. The van der Waals surface area contributed by atoms with Crippen molar-refractivity contribution >= 4 is 11.6 Å². The minimum atomic E-state index is -0.287. The molecule has 0 aromatic heterocycles. The predicted molar refractivity (Wildman–Crippen MR) is 72.9 cm³/mol. The number of hydrogen-bond acceptors (Lipinski definition) is 2. The van der Waals surface area contributed by atoms with Gasteiger partial charge in [0.05, 0.1) is 11.6 Å². The van der Waals surface area contributed by atoms with Gasteiger partial charge in [0.2, 0.25) is 0 Å². The first-order chi connectivity index (χ1) is 9.69. The molecule has 1 aliphatic rings. The molecule has 1 aliphatic heterocycles. The van der Waals surface area contributed by atoms with Gasteiger partial charge in [-0.3, -0.25) is 4.79 Å². The number of benzene rings is 2. The molecular weight excluding hydrogens is 255 g/mol. The molecule has 0 aliphatic carbocycles. The first-order valence-electron chi connectivity index (χ1n) is 6.29. The Hall–Kier alpha value is -2.67. The summed E-state index contributed by atoms with van der Waals surface area (Å²) in [5, 5.41) is 8.88. The van der Waals surface area contributed by atoms with Gasteiger partial charge in [-0.25, -0.2) is 4.39 Å². The molecule has 0 saturated heterocycles. The van der Waals surface area contributed by atoms with Gasteiger partial charge in [0.1, 0.15) is 5.82 Å². The third kappa shape index (κ3) is 2.04. The van der Waals surface area contributed by atoms with Gasteiger partial charge in [0, 0.05) is 17.8 Å². The zero-order valence-electron chi connectivity index (χ0n) is 10.6. The van der Waals surface area contributed by atoms with Gasteiger partial charge in [-0.05, 0) is 48.4 Å². The van der Waals surface area contributed by atoms with Crippen molar-refractivity contribution in [3.05, 3.63) is 65.0 Å². The van der Waals surface area contributed by atoms with Gasteiger partial charge >= 0.3 is 0 Å². The van der Waals surface area contributed by atoms with Crippen LogP contribution in [0.15, 0.2) is 42.5 Å². The Labute approximate surface area is 115 Å². The highest BCUT2D eigenvalue weighted by molar-refractivity contribution is 6.07. The number of halogens is 1. The van der Waals surface area contributed by atoms with Crippen molar-refractivity contribution < 1.29 is 9.18 Å². The van der Waals surface area contributed by atoms with E-state index >= 15 is 0 Å². The van der Waals surface area contributed by atoms with Crippen molar-refractivity contribution in [2.75, 3.05) is 11.4 Å². The lowest BCUT2D eigenvalue weighted by molar-refractivity contribution is 0.0989. The molecule has 3 rings (SSSR count). The molecule has 98 valence electrons. The molecule has 0 saturated carbocycles. The summed E-state index contributed by atoms with van der Waals surface area (Å²) in [6.45, 7) is 0.536. The van der Waals surface area contributed by atoms with Crippen molar-refractivity contribution in [2.24, 2.45) is 0 Å². The van der Waals surface area contributed by atoms with E-state index in [1.54, 1.807) is 35.2 Å². The highest BCUT2D eigenvalue weighted by Gasteiger charge is 2.25. The lowest BCUT2D eigenvalue weighted by Crippen LogP contribution is -2.28. The molecule has 2 aromatic carbocycles. The summed E-state index contributed by atoms with van der Waals surface area (Å²) in [4.78, 5) is 14.1. The van der Waals surface area contributed by atoms with Crippen molar-refractivity contribution in [2.45, 2.75) is 6.42 Å². The number of carbonyl (C=O) groups excluding carboxylic acids is 1. The van der Waals surface area contributed by atoms with Gasteiger partial charge in [0.25, 0.3) is 5.91 Å². The van der Waals surface area contributed by atoms with Crippen molar-refractivity contribution in [1.29, 1.82) is 5.26 Å². The number of amides is 1. The molecule has 1 heterocycles. The van der Waals surface area contributed by atoms with Crippen LogP contribution >= 0.6 is 0 Å². The van der Waals surface area contributed by atoms with Gasteiger partial charge in [-0.2, -0.15) is 5.26 Å². The standard InChI is InChI=1S/C16H11FN2O/c17-14-4-5-15-12(9-14)6-7-19(15)16(20)13-3-1-2-11(8-13)10-18/h1-5,8-9H,6-7H2. The van der Waals surface area contributed by atoms with Crippen LogP contribution in [0.25, 0.3) is 0 Å². The van der Waals surface area contributed by atoms with E-state index in [-0.39, 0.29) is 11.7 Å². The average molecular weight is 266 g/mol. The van der Waals surface area contributed by atoms with E-state index in [0.29, 0.717) is 24.1 Å². The third-order valence-electron chi connectivity index (χ3n) is 3.42. The van der Waals surface area contributed by atoms with E-state index in [0.717, 1.165) is 11.3 Å².